The van der Waals surface area contributed by atoms with Crippen LogP contribution in [0.5, 0.6) is 5.75 Å². The zero-order chi connectivity index (χ0) is 18.9. The average molecular weight is 370 g/mol. The first-order valence-corrected chi connectivity index (χ1v) is 9.99. The van der Waals surface area contributed by atoms with Gasteiger partial charge in [-0.3, -0.25) is 4.68 Å². The Labute approximate surface area is 162 Å². The van der Waals surface area contributed by atoms with E-state index in [0.717, 1.165) is 29.5 Å². The third kappa shape index (κ3) is 6.01. The fraction of sp³-hybridized carbons (Fsp3) is 0.524. The molecule has 1 heterocycles. The van der Waals surface area contributed by atoms with Crippen molar-refractivity contribution in [1.82, 2.24) is 20.4 Å². The van der Waals surface area contributed by atoms with Gasteiger partial charge in [0.25, 0.3) is 0 Å². The summed E-state index contributed by atoms with van der Waals surface area (Å²) in [5, 5.41) is 10.8. The largest absolute Gasteiger partial charge is 0.490 e. The first-order valence-electron chi connectivity index (χ1n) is 9.99. The van der Waals surface area contributed by atoms with Gasteiger partial charge in [0, 0.05) is 19.8 Å². The van der Waals surface area contributed by atoms with E-state index < -0.39 is 0 Å². The summed E-state index contributed by atoms with van der Waals surface area (Å²) in [4.78, 5) is 4.71. The van der Waals surface area contributed by atoms with Crippen LogP contribution in [0.3, 0.4) is 0 Å². The Kier molecular flexibility index (Phi) is 7.13. The van der Waals surface area contributed by atoms with Crippen LogP contribution < -0.4 is 15.4 Å². The lowest BCUT2D eigenvalue weighted by atomic mass is 9.98. The number of nitrogens with one attached hydrogen (secondary N) is 2. The quantitative estimate of drug-likeness (QED) is 0.580. The van der Waals surface area contributed by atoms with Gasteiger partial charge in [-0.2, -0.15) is 5.10 Å². The van der Waals surface area contributed by atoms with Crippen LogP contribution in [0.15, 0.2) is 41.5 Å². The van der Waals surface area contributed by atoms with Crippen molar-refractivity contribution in [3.05, 3.63) is 47.8 Å². The Balaban J connectivity index is 1.57. The SMILES string of the molecule is CCNC(=NCc1cccc(OC2CCCCC2)c1)NCc1ccnn1C. The molecule has 1 saturated carbocycles. The maximum absolute atomic E-state index is 6.17. The lowest BCUT2D eigenvalue weighted by Crippen LogP contribution is -2.37. The molecule has 1 aliphatic rings. The first kappa shape index (κ1) is 19.3. The van der Waals surface area contributed by atoms with Crippen LogP contribution in [0.25, 0.3) is 0 Å². The number of aliphatic imine (C=N–C) groups is 1. The van der Waals surface area contributed by atoms with Crippen LogP contribution in [-0.4, -0.2) is 28.4 Å². The Morgan fingerprint density at radius 3 is 2.81 bits per heavy atom. The van der Waals surface area contributed by atoms with Crippen molar-refractivity contribution in [3.8, 4) is 5.75 Å². The number of aryl methyl sites for hydroxylation is 1. The van der Waals surface area contributed by atoms with E-state index in [1.807, 2.05) is 23.9 Å². The molecule has 1 aliphatic carbocycles. The van der Waals surface area contributed by atoms with Gasteiger partial charge in [0.2, 0.25) is 0 Å². The maximum Gasteiger partial charge on any atom is 0.191 e. The Morgan fingerprint density at radius 1 is 1.22 bits per heavy atom. The van der Waals surface area contributed by atoms with Gasteiger partial charge in [-0.1, -0.05) is 18.6 Å². The van der Waals surface area contributed by atoms with Crippen molar-refractivity contribution >= 4 is 5.96 Å². The molecule has 0 bridgehead atoms. The molecule has 2 aromatic rings. The van der Waals surface area contributed by atoms with Gasteiger partial charge in [0.05, 0.1) is 24.9 Å². The highest BCUT2D eigenvalue weighted by Gasteiger charge is 2.14. The highest BCUT2D eigenvalue weighted by atomic mass is 16.5. The summed E-state index contributed by atoms with van der Waals surface area (Å²) in [6.45, 7) is 4.19. The second kappa shape index (κ2) is 10.00. The number of rotatable bonds is 7. The number of hydrogen-bond acceptors (Lipinski definition) is 3. The predicted octanol–water partition coefficient (Wildman–Crippen LogP) is 3.39. The molecule has 0 unspecified atom stereocenters. The molecule has 0 radical (unpaired) electrons. The first-order chi connectivity index (χ1) is 13.2. The average Bonchev–Trinajstić information content (AvgIpc) is 3.10. The van der Waals surface area contributed by atoms with E-state index in [4.69, 9.17) is 9.73 Å². The minimum atomic E-state index is 0.371. The van der Waals surface area contributed by atoms with Crippen molar-refractivity contribution < 1.29 is 4.74 Å². The van der Waals surface area contributed by atoms with Crippen molar-refractivity contribution in [2.45, 2.75) is 58.2 Å². The molecule has 1 aromatic carbocycles. The van der Waals surface area contributed by atoms with E-state index in [0.29, 0.717) is 19.2 Å². The lowest BCUT2D eigenvalue weighted by molar-refractivity contribution is 0.155. The predicted molar refractivity (Wildman–Crippen MR) is 109 cm³/mol. The third-order valence-corrected chi connectivity index (χ3v) is 4.88. The summed E-state index contributed by atoms with van der Waals surface area (Å²) in [5.41, 5.74) is 2.27. The summed E-state index contributed by atoms with van der Waals surface area (Å²) < 4.78 is 8.03. The molecule has 27 heavy (non-hydrogen) atoms. The van der Waals surface area contributed by atoms with Gasteiger partial charge in [-0.25, -0.2) is 4.99 Å². The fourth-order valence-electron chi connectivity index (χ4n) is 3.35. The van der Waals surface area contributed by atoms with Gasteiger partial charge >= 0.3 is 0 Å². The van der Waals surface area contributed by atoms with Crippen molar-refractivity contribution in [2.24, 2.45) is 12.0 Å². The molecular formula is C21H31N5O. The van der Waals surface area contributed by atoms with E-state index in [-0.39, 0.29) is 0 Å². The van der Waals surface area contributed by atoms with Crippen LogP contribution in [0.1, 0.15) is 50.3 Å². The highest BCUT2D eigenvalue weighted by molar-refractivity contribution is 5.79. The number of nitrogens with zero attached hydrogens (tertiary/aromatic N) is 3. The minimum Gasteiger partial charge on any atom is -0.490 e. The number of ether oxygens (including phenoxy) is 1. The van der Waals surface area contributed by atoms with Gasteiger partial charge in [0.1, 0.15) is 5.75 Å². The van der Waals surface area contributed by atoms with E-state index in [2.05, 4.69) is 40.9 Å². The molecule has 2 N–H and O–H groups in total. The molecule has 0 aliphatic heterocycles. The van der Waals surface area contributed by atoms with Crippen LogP contribution >= 0.6 is 0 Å². The maximum atomic E-state index is 6.17. The smallest absolute Gasteiger partial charge is 0.191 e. The Hall–Kier alpha value is -2.50. The van der Waals surface area contributed by atoms with E-state index >= 15 is 0 Å². The van der Waals surface area contributed by atoms with Gasteiger partial charge in [-0.15, -0.1) is 0 Å². The monoisotopic (exact) mass is 369 g/mol. The molecule has 6 nitrogen and oxygen atoms in total. The molecule has 0 atom stereocenters. The topological polar surface area (TPSA) is 63.5 Å². The van der Waals surface area contributed by atoms with Crippen molar-refractivity contribution in [2.75, 3.05) is 6.54 Å². The lowest BCUT2D eigenvalue weighted by Gasteiger charge is -2.23. The second-order valence-corrected chi connectivity index (χ2v) is 7.02. The highest BCUT2D eigenvalue weighted by Crippen LogP contribution is 2.24. The molecule has 0 amide bonds. The Morgan fingerprint density at radius 2 is 2.07 bits per heavy atom. The van der Waals surface area contributed by atoms with Crippen molar-refractivity contribution in [1.29, 1.82) is 0 Å². The zero-order valence-corrected chi connectivity index (χ0v) is 16.4. The number of aromatic nitrogens is 2. The van der Waals surface area contributed by atoms with E-state index in [1.165, 1.54) is 32.1 Å². The molecule has 0 saturated heterocycles. The molecule has 6 heteroatoms. The number of hydrogen-bond donors (Lipinski definition) is 2. The summed E-state index contributed by atoms with van der Waals surface area (Å²) in [5.74, 6) is 1.76. The standard InChI is InChI=1S/C21H31N5O/c1-3-22-21(24-16-18-12-13-25-26(18)2)23-15-17-8-7-11-20(14-17)27-19-9-5-4-6-10-19/h7-8,11-14,19H,3-6,9-10,15-16H2,1-2H3,(H2,22,23,24). The van der Waals surface area contributed by atoms with E-state index in [9.17, 15) is 0 Å². The molecule has 146 valence electrons. The number of benzene rings is 1. The van der Waals surface area contributed by atoms with Gasteiger partial charge in [-0.05, 0) is 56.4 Å². The minimum absolute atomic E-state index is 0.371. The van der Waals surface area contributed by atoms with Crippen LogP contribution in [-0.2, 0) is 20.1 Å². The molecule has 1 fully saturated rings. The fourth-order valence-corrected chi connectivity index (χ4v) is 3.35. The third-order valence-electron chi connectivity index (χ3n) is 4.88. The molecule has 3 rings (SSSR count). The molecule has 1 aromatic heterocycles. The number of guanidine groups is 1. The van der Waals surface area contributed by atoms with Crippen molar-refractivity contribution in [3.63, 3.8) is 0 Å². The normalized spacial score (nSPS) is 15.6. The Bertz CT molecular complexity index is 734. The summed E-state index contributed by atoms with van der Waals surface area (Å²) in [7, 11) is 1.94. The van der Waals surface area contributed by atoms with Gasteiger partial charge in [0.15, 0.2) is 5.96 Å². The van der Waals surface area contributed by atoms with E-state index in [1.54, 1.807) is 6.20 Å². The van der Waals surface area contributed by atoms with Gasteiger partial charge < -0.3 is 15.4 Å². The summed E-state index contributed by atoms with van der Waals surface area (Å²) in [6, 6.07) is 10.3. The second-order valence-electron chi connectivity index (χ2n) is 7.02. The zero-order valence-electron chi connectivity index (χ0n) is 16.4. The van der Waals surface area contributed by atoms with Crippen LogP contribution in [0, 0.1) is 0 Å². The van der Waals surface area contributed by atoms with Crippen LogP contribution in [0.2, 0.25) is 0 Å². The molecular weight excluding hydrogens is 338 g/mol. The van der Waals surface area contributed by atoms with Crippen LogP contribution in [0.4, 0.5) is 0 Å². The molecule has 0 spiro atoms. The summed E-state index contributed by atoms with van der Waals surface area (Å²) in [6.07, 6.45) is 8.42. The summed E-state index contributed by atoms with van der Waals surface area (Å²) >= 11 is 0.